The highest BCUT2D eigenvalue weighted by Gasteiger charge is 2.57. The number of nitrogens with zero attached hydrogens (tertiary/aromatic N) is 2. The smallest absolute Gasteiger partial charge is 0.269 e. The molecule has 0 amide bonds. The van der Waals surface area contributed by atoms with Crippen LogP contribution < -0.4 is 5.56 Å². The molecule has 3 fully saturated rings. The van der Waals surface area contributed by atoms with E-state index in [1.165, 1.54) is 57.1 Å². The molecule has 5 unspecified atom stereocenters. The molecule has 5 rings (SSSR count). The van der Waals surface area contributed by atoms with Crippen molar-refractivity contribution < 1.29 is 0 Å². The van der Waals surface area contributed by atoms with Crippen LogP contribution >= 0.6 is 0 Å². The Morgan fingerprint density at radius 1 is 0.917 bits per heavy atom. The minimum absolute atomic E-state index is 0.243. The molecule has 4 aliphatic carbocycles. The Hall–Kier alpha value is -0.990. The van der Waals surface area contributed by atoms with Crippen molar-refractivity contribution in [1.82, 2.24) is 9.36 Å². The molecule has 0 aliphatic heterocycles. The van der Waals surface area contributed by atoms with Crippen LogP contribution in [0.15, 0.2) is 4.79 Å². The molecule has 0 radical (unpaired) electrons. The van der Waals surface area contributed by atoms with Crippen molar-refractivity contribution in [3.8, 4) is 0 Å². The molecule has 0 N–H and O–H groups in total. The monoisotopic (exact) mass is 328 g/mol. The van der Waals surface area contributed by atoms with E-state index in [0.717, 1.165) is 41.6 Å². The normalized spacial score (nSPS) is 43.7. The lowest BCUT2D eigenvalue weighted by Crippen LogP contribution is -2.49. The molecule has 6 atom stereocenters. The molecule has 3 heteroatoms. The number of hydrogen-bond acceptors (Lipinski definition) is 1. The molecule has 0 saturated heterocycles. The Kier molecular flexibility index (Phi) is 3.19. The summed E-state index contributed by atoms with van der Waals surface area (Å²) in [7, 11) is 4.02. The average molecular weight is 329 g/mol. The Bertz CT molecular complexity index is 729. The van der Waals surface area contributed by atoms with Crippen molar-refractivity contribution in [2.75, 3.05) is 0 Å². The molecule has 3 nitrogen and oxygen atoms in total. The standard InChI is InChI=1S/C21H32N2O/c1-21-11-10-15-14-7-5-4-6-13(14)8-9-16(15)18(21)12-17-19(21)22(2)23(3)20(17)24/h13-16,18H,4-12H2,1-3H3/t13?,14?,15?,16?,18?,21-/m0/s1. The second-order valence-electron chi connectivity index (χ2n) is 9.56. The van der Waals surface area contributed by atoms with Gasteiger partial charge in [-0.15, -0.1) is 0 Å². The molecular weight excluding hydrogens is 296 g/mol. The lowest BCUT2D eigenvalue weighted by atomic mass is 9.50. The minimum Gasteiger partial charge on any atom is -0.289 e. The summed E-state index contributed by atoms with van der Waals surface area (Å²) in [6.07, 6.45) is 12.6. The van der Waals surface area contributed by atoms with Gasteiger partial charge in [0.2, 0.25) is 0 Å². The first-order valence-electron chi connectivity index (χ1n) is 10.3. The van der Waals surface area contributed by atoms with Crippen molar-refractivity contribution >= 4 is 0 Å². The molecule has 132 valence electrons. The molecule has 1 aromatic rings. The summed E-state index contributed by atoms with van der Waals surface area (Å²) in [5, 5.41) is 0. The molecule has 0 bridgehead atoms. The van der Waals surface area contributed by atoms with Crippen LogP contribution in [0.3, 0.4) is 0 Å². The first-order valence-corrected chi connectivity index (χ1v) is 10.3. The third kappa shape index (κ3) is 1.77. The Balaban J connectivity index is 1.53. The number of aromatic nitrogens is 2. The molecule has 3 saturated carbocycles. The fraction of sp³-hybridized carbons (Fsp3) is 0.857. The highest BCUT2D eigenvalue weighted by Crippen LogP contribution is 2.61. The van der Waals surface area contributed by atoms with Gasteiger partial charge in [-0.3, -0.25) is 14.2 Å². The van der Waals surface area contributed by atoms with Gasteiger partial charge in [-0.05, 0) is 68.1 Å². The maximum absolute atomic E-state index is 12.7. The van der Waals surface area contributed by atoms with E-state index in [-0.39, 0.29) is 11.0 Å². The van der Waals surface area contributed by atoms with Gasteiger partial charge in [0.25, 0.3) is 5.56 Å². The fourth-order valence-corrected chi connectivity index (χ4v) is 7.72. The van der Waals surface area contributed by atoms with Gasteiger partial charge in [0.05, 0.1) is 0 Å². The van der Waals surface area contributed by atoms with E-state index in [2.05, 4.69) is 18.7 Å². The van der Waals surface area contributed by atoms with Crippen LogP contribution in [-0.4, -0.2) is 9.36 Å². The molecular formula is C21H32N2O. The third-order valence-electron chi connectivity index (χ3n) is 8.85. The summed E-state index contributed by atoms with van der Waals surface area (Å²) in [6.45, 7) is 2.48. The van der Waals surface area contributed by atoms with E-state index in [0.29, 0.717) is 0 Å². The van der Waals surface area contributed by atoms with Crippen molar-refractivity contribution in [2.24, 2.45) is 43.7 Å². The zero-order chi connectivity index (χ0) is 16.6. The van der Waals surface area contributed by atoms with Gasteiger partial charge in [-0.25, -0.2) is 0 Å². The first-order chi connectivity index (χ1) is 11.5. The van der Waals surface area contributed by atoms with Gasteiger partial charge >= 0.3 is 0 Å². The summed E-state index contributed by atoms with van der Waals surface area (Å²) in [6, 6.07) is 0. The van der Waals surface area contributed by atoms with Crippen molar-refractivity contribution in [1.29, 1.82) is 0 Å². The zero-order valence-electron chi connectivity index (χ0n) is 15.6. The molecule has 1 aromatic heterocycles. The van der Waals surface area contributed by atoms with Crippen LogP contribution in [0.5, 0.6) is 0 Å². The van der Waals surface area contributed by atoms with E-state index in [9.17, 15) is 4.79 Å². The van der Waals surface area contributed by atoms with Crippen LogP contribution in [0.25, 0.3) is 0 Å². The van der Waals surface area contributed by atoms with Crippen LogP contribution in [0.2, 0.25) is 0 Å². The fourth-order valence-electron chi connectivity index (χ4n) is 7.72. The van der Waals surface area contributed by atoms with E-state index < -0.39 is 0 Å². The summed E-state index contributed by atoms with van der Waals surface area (Å²) >= 11 is 0. The van der Waals surface area contributed by atoms with Gasteiger partial charge < -0.3 is 0 Å². The van der Waals surface area contributed by atoms with Crippen molar-refractivity contribution in [3.63, 3.8) is 0 Å². The van der Waals surface area contributed by atoms with E-state index in [4.69, 9.17) is 0 Å². The zero-order valence-corrected chi connectivity index (χ0v) is 15.6. The maximum atomic E-state index is 12.7. The Labute approximate surface area is 145 Å². The van der Waals surface area contributed by atoms with Crippen LogP contribution in [-0.2, 0) is 25.9 Å². The molecule has 24 heavy (non-hydrogen) atoms. The van der Waals surface area contributed by atoms with E-state index in [1.807, 2.05) is 11.7 Å². The van der Waals surface area contributed by atoms with Gasteiger partial charge in [-0.1, -0.05) is 26.2 Å². The summed E-state index contributed by atoms with van der Waals surface area (Å²) in [5.41, 5.74) is 3.04. The predicted octanol–water partition coefficient (Wildman–Crippen LogP) is 3.78. The number of fused-ring (bicyclic) bond motifs is 7. The van der Waals surface area contributed by atoms with Gasteiger partial charge in [-0.2, -0.15) is 0 Å². The van der Waals surface area contributed by atoms with Gasteiger partial charge in [0, 0.05) is 30.8 Å². The van der Waals surface area contributed by atoms with Crippen molar-refractivity contribution in [2.45, 2.75) is 70.1 Å². The largest absolute Gasteiger partial charge is 0.289 e. The highest BCUT2D eigenvalue weighted by molar-refractivity contribution is 5.36. The Morgan fingerprint density at radius 3 is 2.54 bits per heavy atom. The predicted molar refractivity (Wildman–Crippen MR) is 96.1 cm³/mol. The summed E-state index contributed by atoms with van der Waals surface area (Å²) in [4.78, 5) is 12.7. The third-order valence-corrected chi connectivity index (χ3v) is 8.85. The SMILES string of the molecule is Cn1c2c(c(=O)n1C)CC1C3CCC4CCCCC4C3CC[C@]21C. The second kappa shape index (κ2) is 5.02. The lowest BCUT2D eigenvalue weighted by Gasteiger charge is -2.54. The Morgan fingerprint density at radius 2 is 1.71 bits per heavy atom. The first kappa shape index (κ1) is 15.3. The van der Waals surface area contributed by atoms with Crippen LogP contribution in [0.1, 0.15) is 69.5 Å². The summed E-state index contributed by atoms with van der Waals surface area (Å²) in [5.74, 6) is 4.60. The maximum Gasteiger partial charge on any atom is 0.269 e. The lowest BCUT2D eigenvalue weighted by molar-refractivity contribution is -0.0316. The van der Waals surface area contributed by atoms with Crippen molar-refractivity contribution in [3.05, 3.63) is 21.6 Å². The second-order valence-corrected chi connectivity index (χ2v) is 9.56. The molecule has 1 heterocycles. The molecule has 4 aliphatic rings. The van der Waals surface area contributed by atoms with Gasteiger partial charge in [0.1, 0.15) is 0 Å². The van der Waals surface area contributed by atoms with E-state index in [1.54, 1.807) is 0 Å². The quantitative estimate of drug-likeness (QED) is 0.712. The average Bonchev–Trinajstić information content (AvgIpc) is 3.02. The van der Waals surface area contributed by atoms with Crippen LogP contribution in [0.4, 0.5) is 0 Å². The molecule has 0 spiro atoms. The highest BCUT2D eigenvalue weighted by atomic mass is 16.1. The topological polar surface area (TPSA) is 26.9 Å². The minimum atomic E-state index is 0.243. The van der Waals surface area contributed by atoms with E-state index >= 15 is 0 Å². The molecule has 0 aromatic carbocycles. The van der Waals surface area contributed by atoms with Crippen LogP contribution in [0, 0.1) is 29.6 Å². The summed E-state index contributed by atoms with van der Waals surface area (Å²) < 4.78 is 4.00. The number of hydrogen-bond donors (Lipinski definition) is 0. The van der Waals surface area contributed by atoms with Gasteiger partial charge in [0.15, 0.2) is 0 Å². The number of rotatable bonds is 0.